The second-order valence-electron chi connectivity index (χ2n) is 4.61. The van der Waals surface area contributed by atoms with Crippen molar-refractivity contribution in [2.24, 2.45) is 11.8 Å². The topological polar surface area (TPSA) is 52.6 Å². The van der Waals surface area contributed by atoms with E-state index in [4.69, 9.17) is 9.47 Å². The van der Waals surface area contributed by atoms with E-state index in [0.717, 1.165) is 0 Å². The van der Waals surface area contributed by atoms with Crippen LogP contribution >= 0.6 is 0 Å². The van der Waals surface area contributed by atoms with Crippen LogP contribution < -0.4 is 0 Å². The molecule has 1 aliphatic rings. The van der Waals surface area contributed by atoms with Gasteiger partial charge in [-0.2, -0.15) is 0 Å². The van der Waals surface area contributed by atoms with Crippen molar-refractivity contribution in [1.29, 1.82) is 0 Å². The second-order valence-corrected chi connectivity index (χ2v) is 4.61. The monoisotopic (exact) mass is 240 g/mol. The highest BCUT2D eigenvalue weighted by Gasteiger charge is 2.29. The molecule has 0 spiro atoms. The summed E-state index contributed by atoms with van der Waals surface area (Å²) in [6.45, 7) is 6.54. The maximum Gasteiger partial charge on any atom is 0.333 e. The van der Waals surface area contributed by atoms with Crippen LogP contribution in [-0.2, 0) is 19.1 Å². The summed E-state index contributed by atoms with van der Waals surface area (Å²) in [6, 6.07) is 0. The van der Waals surface area contributed by atoms with Crippen LogP contribution in [0.15, 0.2) is 11.6 Å². The molecule has 1 unspecified atom stereocenters. The van der Waals surface area contributed by atoms with E-state index < -0.39 is 0 Å². The minimum absolute atomic E-state index is 0.214. The Morgan fingerprint density at radius 1 is 1.41 bits per heavy atom. The van der Waals surface area contributed by atoms with Crippen LogP contribution in [0.1, 0.15) is 33.6 Å². The van der Waals surface area contributed by atoms with Crippen LogP contribution in [-0.4, -0.2) is 25.2 Å². The Balaban J connectivity index is 2.37. The molecule has 0 aromatic rings. The maximum absolute atomic E-state index is 11.7. The molecule has 1 aliphatic carbocycles. The van der Waals surface area contributed by atoms with Gasteiger partial charge < -0.3 is 9.47 Å². The zero-order chi connectivity index (χ0) is 12.8. The van der Waals surface area contributed by atoms with Crippen molar-refractivity contribution in [2.75, 3.05) is 13.2 Å². The lowest BCUT2D eigenvalue weighted by atomic mass is 10.1. The van der Waals surface area contributed by atoms with Gasteiger partial charge in [0.05, 0.1) is 19.1 Å². The number of hydrogen-bond donors (Lipinski definition) is 0. The molecule has 0 bridgehead atoms. The fraction of sp³-hybridized carbons (Fsp3) is 0.692. The number of carbonyl (C=O) groups excluding carboxylic acids is 2. The van der Waals surface area contributed by atoms with Gasteiger partial charge in [0.25, 0.3) is 0 Å². The van der Waals surface area contributed by atoms with Gasteiger partial charge in [0.2, 0.25) is 0 Å². The van der Waals surface area contributed by atoms with E-state index in [1.807, 2.05) is 13.8 Å². The third-order valence-electron chi connectivity index (χ3n) is 2.54. The third kappa shape index (κ3) is 4.21. The van der Waals surface area contributed by atoms with Crippen molar-refractivity contribution in [1.82, 2.24) is 0 Å². The van der Waals surface area contributed by atoms with Crippen molar-refractivity contribution in [2.45, 2.75) is 33.6 Å². The van der Waals surface area contributed by atoms with E-state index in [1.54, 1.807) is 13.0 Å². The van der Waals surface area contributed by atoms with Gasteiger partial charge in [0, 0.05) is 5.57 Å². The number of esters is 2. The Bertz CT molecular complexity index is 317. The number of hydrogen-bond acceptors (Lipinski definition) is 4. The van der Waals surface area contributed by atoms with Crippen LogP contribution in [0.4, 0.5) is 0 Å². The Morgan fingerprint density at radius 3 is 2.71 bits per heavy atom. The third-order valence-corrected chi connectivity index (χ3v) is 2.54. The van der Waals surface area contributed by atoms with Gasteiger partial charge in [-0.1, -0.05) is 19.9 Å². The Labute approximate surface area is 102 Å². The molecule has 0 aliphatic heterocycles. The molecule has 4 heteroatoms. The predicted octanol–water partition coefficient (Wildman–Crippen LogP) is 2.09. The highest BCUT2D eigenvalue weighted by molar-refractivity contribution is 5.90. The summed E-state index contributed by atoms with van der Waals surface area (Å²) >= 11 is 0. The molecule has 0 fully saturated rings. The molecule has 0 N–H and O–H groups in total. The Kier molecular flexibility index (Phi) is 5.19. The van der Waals surface area contributed by atoms with Crippen molar-refractivity contribution >= 4 is 11.9 Å². The first-order valence-corrected chi connectivity index (χ1v) is 6.07. The summed E-state index contributed by atoms with van der Waals surface area (Å²) in [5, 5.41) is 0. The van der Waals surface area contributed by atoms with Crippen molar-refractivity contribution in [3.05, 3.63) is 11.6 Å². The molecule has 96 valence electrons. The van der Waals surface area contributed by atoms with Crippen molar-refractivity contribution < 1.29 is 19.1 Å². The smallest absolute Gasteiger partial charge is 0.333 e. The quantitative estimate of drug-likeness (QED) is 0.690. The first-order valence-electron chi connectivity index (χ1n) is 6.07. The van der Waals surface area contributed by atoms with Gasteiger partial charge in [-0.15, -0.1) is 0 Å². The molecular formula is C13H20O4. The predicted molar refractivity (Wildman–Crippen MR) is 63.2 cm³/mol. The molecule has 0 saturated carbocycles. The summed E-state index contributed by atoms with van der Waals surface area (Å²) in [5.74, 6) is -0.410. The van der Waals surface area contributed by atoms with Crippen LogP contribution in [0.3, 0.4) is 0 Å². The summed E-state index contributed by atoms with van der Waals surface area (Å²) in [7, 11) is 0. The van der Waals surface area contributed by atoms with Crippen LogP contribution in [0.2, 0.25) is 0 Å². The summed E-state index contributed by atoms with van der Waals surface area (Å²) < 4.78 is 10.0. The summed E-state index contributed by atoms with van der Waals surface area (Å²) in [5.41, 5.74) is 0.596. The van der Waals surface area contributed by atoms with Gasteiger partial charge in [-0.25, -0.2) is 4.79 Å². The fourth-order valence-electron chi connectivity index (χ4n) is 1.65. The summed E-state index contributed by atoms with van der Waals surface area (Å²) in [6.07, 6.45) is 2.79. The van der Waals surface area contributed by atoms with Crippen LogP contribution in [0.5, 0.6) is 0 Å². The highest BCUT2D eigenvalue weighted by Crippen LogP contribution is 2.27. The van der Waals surface area contributed by atoms with E-state index in [9.17, 15) is 9.59 Å². The molecule has 0 radical (unpaired) electrons. The molecule has 1 rings (SSSR count). The zero-order valence-corrected chi connectivity index (χ0v) is 10.7. The normalized spacial score (nSPS) is 19.1. The van der Waals surface area contributed by atoms with Gasteiger partial charge in [0.1, 0.15) is 0 Å². The van der Waals surface area contributed by atoms with Gasteiger partial charge >= 0.3 is 11.9 Å². The van der Waals surface area contributed by atoms with Gasteiger partial charge in [0.15, 0.2) is 0 Å². The van der Waals surface area contributed by atoms with E-state index in [-0.39, 0.29) is 17.9 Å². The minimum atomic E-state index is -0.313. The molecule has 0 saturated heterocycles. The molecule has 0 amide bonds. The minimum Gasteiger partial charge on any atom is -0.465 e. The largest absolute Gasteiger partial charge is 0.465 e. The maximum atomic E-state index is 11.7. The highest BCUT2D eigenvalue weighted by atomic mass is 16.5. The Morgan fingerprint density at radius 2 is 2.12 bits per heavy atom. The molecule has 0 aromatic heterocycles. The Hall–Kier alpha value is -1.32. The summed E-state index contributed by atoms with van der Waals surface area (Å²) in [4.78, 5) is 23.1. The average molecular weight is 240 g/mol. The lowest BCUT2D eigenvalue weighted by Gasteiger charge is -2.11. The van der Waals surface area contributed by atoms with E-state index >= 15 is 0 Å². The van der Waals surface area contributed by atoms with Crippen LogP contribution in [0, 0.1) is 11.8 Å². The van der Waals surface area contributed by atoms with E-state index in [2.05, 4.69) is 0 Å². The van der Waals surface area contributed by atoms with Gasteiger partial charge in [-0.05, 0) is 25.7 Å². The molecule has 0 aromatic carbocycles. The standard InChI is InChI=1S/C13H20O4/c1-4-16-12(14)10-5-6-11(7-10)13(15)17-8-9(2)3/h5,9,11H,4,6-8H2,1-3H3. The number of carbonyl (C=O) groups is 2. The molecule has 1 atom stereocenters. The SMILES string of the molecule is CCOC(=O)C1=CCC(C(=O)OCC(C)C)C1. The van der Waals surface area contributed by atoms with Crippen LogP contribution in [0.25, 0.3) is 0 Å². The second kappa shape index (κ2) is 6.42. The molecule has 17 heavy (non-hydrogen) atoms. The van der Waals surface area contributed by atoms with E-state index in [0.29, 0.717) is 37.5 Å². The molecule has 0 heterocycles. The van der Waals surface area contributed by atoms with Crippen molar-refractivity contribution in [3.8, 4) is 0 Å². The van der Waals surface area contributed by atoms with Gasteiger partial charge in [-0.3, -0.25) is 4.79 Å². The number of allylic oxidation sites excluding steroid dienone is 1. The fourth-order valence-corrected chi connectivity index (χ4v) is 1.65. The lowest BCUT2D eigenvalue weighted by molar-refractivity contribution is -0.149. The van der Waals surface area contributed by atoms with E-state index in [1.165, 1.54) is 0 Å². The lowest BCUT2D eigenvalue weighted by Crippen LogP contribution is -2.19. The zero-order valence-electron chi connectivity index (χ0n) is 10.7. The number of ether oxygens (including phenoxy) is 2. The first-order chi connectivity index (χ1) is 8.04. The van der Waals surface area contributed by atoms with Crippen molar-refractivity contribution in [3.63, 3.8) is 0 Å². The number of rotatable bonds is 5. The molecular weight excluding hydrogens is 220 g/mol. The molecule has 4 nitrogen and oxygen atoms in total. The first kappa shape index (κ1) is 13.7. The average Bonchev–Trinajstić information content (AvgIpc) is 2.75.